The van der Waals surface area contributed by atoms with E-state index in [2.05, 4.69) is 13.8 Å². The third-order valence-corrected chi connectivity index (χ3v) is 10.9. The van der Waals surface area contributed by atoms with Crippen LogP contribution in [0.4, 0.5) is 0 Å². The van der Waals surface area contributed by atoms with Crippen LogP contribution in [-0.4, -0.2) is 62.1 Å². The van der Waals surface area contributed by atoms with Crippen molar-refractivity contribution in [2.75, 3.05) is 39.6 Å². The maximum atomic E-state index is 5.83. The summed E-state index contributed by atoms with van der Waals surface area (Å²) in [5.41, 5.74) is 0. The van der Waals surface area contributed by atoms with Crippen molar-refractivity contribution >= 4 is 41.2 Å². The first kappa shape index (κ1) is 31.2. The van der Waals surface area contributed by atoms with Crippen molar-refractivity contribution in [1.29, 1.82) is 0 Å². The predicted molar refractivity (Wildman–Crippen MR) is 134 cm³/mol. The highest BCUT2D eigenvalue weighted by Crippen LogP contribution is 2.49. The van der Waals surface area contributed by atoms with Gasteiger partial charge in [0, 0.05) is 63.0 Å². The molecular weight excluding hydrogens is 464 g/mol. The minimum Gasteiger partial charge on any atom is -0.328 e. The van der Waals surface area contributed by atoms with Gasteiger partial charge in [0.1, 0.15) is 0 Å². The lowest BCUT2D eigenvalue weighted by atomic mass is 10.3. The molecule has 0 aromatic heterocycles. The van der Waals surface area contributed by atoms with Gasteiger partial charge in [-0.15, -0.1) is 0 Å². The quantitative estimate of drug-likeness (QED) is 0.0949. The van der Waals surface area contributed by atoms with Gasteiger partial charge in [0.15, 0.2) is 0 Å². The first-order chi connectivity index (χ1) is 14.4. The van der Waals surface area contributed by atoms with Crippen LogP contribution in [0.5, 0.6) is 0 Å². The monoisotopic (exact) mass is 506 g/mol. The normalized spacial score (nSPS) is 14.8. The Balaban J connectivity index is 4.52. The van der Waals surface area contributed by atoms with Gasteiger partial charge in [-0.25, -0.2) is 0 Å². The van der Waals surface area contributed by atoms with Crippen LogP contribution < -0.4 is 0 Å². The molecule has 2 unspecified atom stereocenters. The Bertz CT molecular complexity index is 335. The zero-order chi connectivity index (χ0) is 22.9. The van der Waals surface area contributed by atoms with Gasteiger partial charge in [-0.2, -0.15) is 0 Å². The van der Waals surface area contributed by atoms with Crippen molar-refractivity contribution in [2.45, 2.75) is 90.7 Å². The topological polar surface area (TPSA) is 55.4 Å². The van der Waals surface area contributed by atoms with Crippen LogP contribution in [0.25, 0.3) is 0 Å². The van der Waals surface area contributed by atoms with E-state index in [0.29, 0.717) is 63.0 Å². The molecular formula is C20H42O6S4. The molecule has 0 spiro atoms. The van der Waals surface area contributed by atoms with E-state index in [0.717, 1.165) is 0 Å². The van der Waals surface area contributed by atoms with Crippen molar-refractivity contribution in [3.05, 3.63) is 0 Å². The Labute approximate surface area is 199 Å². The van der Waals surface area contributed by atoms with E-state index >= 15 is 0 Å². The molecule has 0 aromatic carbocycles. The number of ether oxygens (including phenoxy) is 6. The van der Waals surface area contributed by atoms with Gasteiger partial charge in [-0.1, -0.05) is 35.4 Å². The first-order valence-electron chi connectivity index (χ1n) is 10.8. The Morgan fingerprint density at radius 3 is 0.933 bits per heavy atom. The largest absolute Gasteiger partial charge is 0.328 e. The molecule has 182 valence electrons. The minimum absolute atomic E-state index is 0.303. The molecule has 0 aliphatic rings. The van der Waals surface area contributed by atoms with Crippen LogP contribution >= 0.6 is 41.2 Å². The van der Waals surface area contributed by atoms with E-state index in [1.165, 1.54) is 0 Å². The lowest BCUT2D eigenvalue weighted by molar-refractivity contribution is -0.379. The molecule has 2 atom stereocenters. The molecule has 10 heteroatoms. The number of hydrogen-bond acceptors (Lipinski definition) is 10. The van der Waals surface area contributed by atoms with E-state index in [4.69, 9.17) is 28.4 Å². The van der Waals surface area contributed by atoms with Crippen molar-refractivity contribution in [3.63, 3.8) is 0 Å². The molecule has 0 aliphatic heterocycles. The lowest BCUT2D eigenvalue weighted by Gasteiger charge is -2.34. The maximum absolute atomic E-state index is 5.83. The summed E-state index contributed by atoms with van der Waals surface area (Å²) in [7, 11) is 7.11. The van der Waals surface area contributed by atoms with Gasteiger partial charge in [0.25, 0.3) is 11.9 Å². The summed E-state index contributed by atoms with van der Waals surface area (Å²) >= 11 is 0. The maximum Gasteiger partial charge on any atom is 0.283 e. The molecule has 0 radical (unpaired) electrons. The van der Waals surface area contributed by atoms with Crippen LogP contribution in [0.2, 0.25) is 0 Å². The van der Waals surface area contributed by atoms with Gasteiger partial charge in [-0.05, 0) is 61.2 Å². The van der Waals surface area contributed by atoms with Crippen molar-refractivity contribution in [1.82, 2.24) is 0 Å². The van der Waals surface area contributed by atoms with Crippen molar-refractivity contribution < 1.29 is 28.4 Å². The van der Waals surface area contributed by atoms with Crippen LogP contribution in [0, 0.1) is 0 Å². The first-order valence-corrected chi connectivity index (χ1v) is 15.8. The van der Waals surface area contributed by atoms with E-state index in [1.807, 2.05) is 41.5 Å². The van der Waals surface area contributed by atoms with Crippen LogP contribution in [0.3, 0.4) is 0 Å². The highest BCUT2D eigenvalue weighted by Gasteiger charge is 2.36. The molecule has 30 heavy (non-hydrogen) atoms. The Kier molecular flexibility index (Phi) is 19.3. The van der Waals surface area contributed by atoms with Crippen LogP contribution in [0.15, 0.2) is 0 Å². The molecule has 6 nitrogen and oxygen atoms in total. The molecule has 0 fully saturated rings. The Morgan fingerprint density at radius 2 is 0.733 bits per heavy atom. The summed E-state index contributed by atoms with van der Waals surface area (Å²) in [5.74, 6) is -1.91. The summed E-state index contributed by atoms with van der Waals surface area (Å²) < 4.78 is 35.0. The molecule has 0 saturated carbocycles. The second kappa shape index (κ2) is 18.6. The average molecular weight is 507 g/mol. The molecule has 0 aliphatic carbocycles. The van der Waals surface area contributed by atoms with Gasteiger partial charge in [0.2, 0.25) is 0 Å². The molecule has 0 saturated heterocycles. The summed E-state index contributed by atoms with van der Waals surface area (Å²) in [4.78, 5) is 0. The Hall–Kier alpha value is 1.16. The summed E-state index contributed by atoms with van der Waals surface area (Å²) in [5, 5.41) is 0.606. The molecule has 0 rings (SSSR count). The number of hydrogen-bond donors (Lipinski definition) is 0. The van der Waals surface area contributed by atoms with Gasteiger partial charge < -0.3 is 28.4 Å². The van der Waals surface area contributed by atoms with E-state index in [-0.39, 0.29) is 0 Å². The highest BCUT2D eigenvalue weighted by atomic mass is 33.7. The van der Waals surface area contributed by atoms with Crippen LogP contribution in [0.1, 0.15) is 68.2 Å². The SMILES string of the molecule is CCOC(CC(C)SSSSC(C)CC(OCC)(OCC)OCC)(OCC)OCC. The predicted octanol–water partition coefficient (Wildman–Crippen LogP) is 6.75. The lowest BCUT2D eigenvalue weighted by Crippen LogP contribution is -2.41. The van der Waals surface area contributed by atoms with Crippen molar-refractivity contribution in [2.24, 2.45) is 0 Å². The summed E-state index contributed by atoms with van der Waals surface area (Å²) in [6, 6.07) is 0. The molecule has 0 bridgehead atoms. The number of rotatable bonds is 21. The molecule has 0 aromatic rings. The fourth-order valence-electron chi connectivity index (χ4n) is 2.86. The van der Waals surface area contributed by atoms with Gasteiger partial charge in [-0.3, -0.25) is 0 Å². The standard InChI is InChI=1S/C20H42O6S4/c1-9-21-19(22-10-2,23-11-3)15-17(7)27-29-30-28-18(8)16-20(24-12-4,25-13-5)26-14-6/h17-18H,9-16H2,1-8H3. The summed E-state index contributed by atoms with van der Waals surface area (Å²) in [6.07, 6.45) is 1.34. The third-order valence-electron chi connectivity index (χ3n) is 3.70. The van der Waals surface area contributed by atoms with Crippen molar-refractivity contribution in [3.8, 4) is 0 Å². The third kappa shape index (κ3) is 13.0. The molecule has 0 heterocycles. The van der Waals surface area contributed by atoms with E-state index in [9.17, 15) is 0 Å². The van der Waals surface area contributed by atoms with E-state index in [1.54, 1.807) is 41.2 Å². The van der Waals surface area contributed by atoms with Gasteiger partial charge >= 0.3 is 0 Å². The second-order valence-corrected chi connectivity index (χ2v) is 13.0. The van der Waals surface area contributed by atoms with Crippen LogP contribution in [-0.2, 0) is 28.4 Å². The fourth-order valence-corrected chi connectivity index (χ4v) is 9.87. The zero-order valence-electron chi connectivity index (χ0n) is 19.9. The average Bonchev–Trinajstić information content (AvgIpc) is 2.66. The summed E-state index contributed by atoms with van der Waals surface area (Å²) in [6.45, 7) is 19.4. The van der Waals surface area contributed by atoms with Gasteiger partial charge in [0.05, 0.1) is 0 Å². The zero-order valence-corrected chi connectivity index (χ0v) is 23.2. The highest BCUT2D eigenvalue weighted by molar-refractivity contribution is 9.26. The van der Waals surface area contributed by atoms with E-state index < -0.39 is 11.9 Å². The molecule has 0 amide bonds. The minimum atomic E-state index is -0.956. The molecule has 0 N–H and O–H groups in total. The smallest absolute Gasteiger partial charge is 0.283 e. The fraction of sp³-hybridized carbons (Fsp3) is 1.00. The second-order valence-electron chi connectivity index (χ2n) is 6.32. The Morgan fingerprint density at radius 1 is 0.500 bits per heavy atom.